The third kappa shape index (κ3) is 1.70. The van der Waals surface area contributed by atoms with Crippen LogP contribution in [0.3, 0.4) is 0 Å². The maximum atomic E-state index is 12.3. The standard InChI is InChI=1S/C16H26N2O/c17-15(19)16(1-3-18-4-2-16)14-12-6-10-5-11(8-12)9-13(14)7-10/h10-14,18H,1-9H2,(H2,17,19). The monoisotopic (exact) mass is 262 g/mol. The van der Waals surface area contributed by atoms with Gasteiger partial charge in [-0.2, -0.15) is 0 Å². The molecule has 0 spiro atoms. The molecule has 106 valence electrons. The van der Waals surface area contributed by atoms with Gasteiger partial charge in [-0.15, -0.1) is 0 Å². The second-order valence-corrected chi connectivity index (χ2v) is 7.73. The summed E-state index contributed by atoms with van der Waals surface area (Å²) < 4.78 is 0. The quantitative estimate of drug-likeness (QED) is 0.799. The predicted octanol–water partition coefficient (Wildman–Crippen LogP) is 1.91. The first kappa shape index (κ1) is 12.2. The highest BCUT2D eigenvalue weighted by atomic mass is 16.1. The molecule has 0 radical (unpaired) electrons. The van der Waals surface area contributed by atoms with Gasteiger partial charge in [0, 0.05) is 0 Å². The van der Waals surface area contributed by atoms with Crippen molar-refractivity contribution in [1.29, 1.82) is 0 Å². The Hall–Kier alpha value is -0.570. The van der Waals surface area contributed by atoms with Crippen molar-refractivity contribution in [3.05, 3.63) is 0 Å². The Kier molecular flexibility index (Phi) is 2.70. The molecule has 4 saturated carbocycles. The number of hydrogen-bond donors (Lipinski definition) is 2. The van der Waals surface area contributed by atoms with Crippen LogP contribution in [0.4, 0.5) is 0 Å². The van der Waals surface area contributed by atoms with Gasteiger partial charge in [0.15, 0.2) is 0 Å². The average molecular weight is 262 g/mol. The summed E-state index contributed by atoms with van der Waals surface area (Å²) in [5, 5.41) is 3.41. The molecule has 1 aliphatic heterocycles. The fourth-order valence-electron chi connectivity index (χ4n) is 6.44. The van der Waals surface area contributed by atoms with Crippen molar-refractivity contribution >= 4 is 5.91 Å². The van der Waals surface area contributed by atoms with E-state index in [2.05, 4.69) is 5.32 Å². The highest BCUT2D eigenvalue weighted by Crippen LogP contribution is 2.62. The summed E-state index contributed by atoms with van der Waals surface area (Å²) in [7, 11) is 0. The molecule has 3 N–H and O–H groups in total. The summed E-state index contributed by atoms with van der Waals surface area (Å²) in [4.78, 5) is 12.3. The number of rotatable bonds is 2. The number of primary amides is 1. The smallest absolute Gasteiger partial charge is 0.224 e. The minimum absolute atomic E-state index is 0.00599. The molecule has 5 fully saturated rings. The molecule has 1 heterocycles. The minimum atomic E-state index is -0.173. The molecule has 3 heteroatoms. The van der Waals surface area contributed by atoms with Crippen LogP contribution in [0.1, 0.15) is 44.9 Å². The molecule has 0 unspecified atom stereocenters. The summed E-state index contributed by atoms with van der Waals surface area (Å²) in [6, 6.07) is 0. The van der Waals surface area contributed by atoms with E-state index in [1.54, 1.807) is 0 Å². The van der Waals surface area contributed by atoms with Gasteiger partial charge < -0.3 is 11.1 Å². The molecule has 5 aliphatic rings. The molecule has 0 aromatic carbocycles. The highest BCUT2D eigenvalue weighted by Gasteiger charge is 2.57. The van der Waals surface area contributed by atoms with Crippen molar-refractivity contribution < 1.29 is 4.79 Å². The Balaban J connectivity index is 1.68. The fourth-order valence-corrected chi connectivity index (χ4v) is 6.44. The van der Waals surface area contributed by atoms with Crippen LogP contribution in [0, 0.1) is 35.0 Å². The lowest BCUT2D eigenvalue weighted by molar-refractivity contribution is -0.150. The van der Waals surface area contributed by atoms with Crippen LogP contribution < -0.4 is 11.1 Å². The number of nitrogens with two attached hydrogens (primary N) is 1. The van der Waals surface area contributed by atoms with Crippen molar-refractivity contribution in [3.8, 4) is 0 Å². The van der Waals surface area contributed by atoms with Gasteiger partial charge in [-0.05, 0) is 87.6 Å². The Morgan fingerprint density at radius 2 is 1.47 bits per heavy atom. The summed E-state index contributed by atoms with van der Waals surface area (Å²) in [6.45, 7) is 1.96. The van der Waals surface area contributed by atoms with E-state index in [1.165, 1.54) is 32.1 Å². The normalized spacial score (nSPS) is 47.3. The summed E-state index contributed by atoms with van der Waals surface area (Å²) >= 11 is 0. The maximum Gasteiger partial charge on any atom is 0.224 e. The third-order valence-corrected chi connectivity index (χ3v) is 6.85. The Morgan fingerprint density at radius 1 is 0.947 bits per heavy atom. The zero-order chi connectivity index (χ0) is 13.0. The van der Waals surface area contributed by atoms with Crippen LogP contribution in [0.5, 0.6) is 0 Å². The fraction of sp³-hybridized carbons (Fsp3) is 0.938. The van der Waals surface area contributed by atoms with Gasteiger partial charge in [-0.3, -0.25) is 4.79 Å². The van der Waals surface area contributed by atoms with Gasteiger partial charge in [0.25, 0.3) is 0 Å². The summed E-state index contributed by atoms with van der Waals surface area (Å²) in [5.74, 6) is 4.19. The van der Waals surface area contributed by atoms with E-state index in [4.69, 9.17) is 5.73 Å². The zero-order valence-corrected chi connectivity index (χ0v) is 11.7. The average Bonchev–Trinajstić information content (AvgIpc) is 2.38. The van der Waals surface area contributed by atoms with Gasteiger partial charge >= 0.3 is 0 Å². The molecule has 3 nitrogen and oxygen atoms in total. The van der Waals surface area contributed by atoms with E-state index in [0.717, 1.165) is 49.6 Å². The first-order valence-electron chi connectivity index (χ1n) is 8.19. The summed E-state index contributed by atoms with van der Waals surface area (Å²) in [6.07, 6.45) is 9.00. The lowest BCUT2D eigenvalue weighted by Gasteiger charge is -2.60. The largest absolute Gasteiger partial charge is 0.369 e. The van der Waals surface area contributed by atoms with E-state index in [-0.39, 0.29) is 11.3 Å². The number of amides is 1. The maximum absolute atomic E-state index is 12.3. The Labute approximate surface area is 115 Å². The van der Waals surface area contributed by atoms with Gasteiger partial charge in [-0.25, -0.2) is 0 Å². The Morgan fingerprint density at radius 3 is 1.95 bits per heavy atom. The number of hydrogen-bond acceptors (Lipinski definition) is 2. The molecule has 4 bridgehead atoms. The molecular formula is C16H26N2O. The molecule has 0 aromatic heterocycles. The van der Waals surface area contributed by atoms with Gasteiger partial charge in [0.2, 0.25) is 5.91 Å². The molecule has 19 heavy (non-hydrogen) atoms. The van der Waals surface area contributed by atoms with Crippen molar-refractivity contribution in [3.63, 3.8) is 0 Å². The zero-order valence-electron chi connectivity index (χ0n) is 11.7. The van der Waals surface area contributed by atoms with Crippen LogP contribution in [-0.2, 0) is 4.79 Å². The van der Waals surface area contributed by atoms with Gasteiger partial charge in [-0.1, -0.05) is 0 Å². The number of nitrogens with one attached hydrogen (secondary N) is 1. The van der Waals surface area contributed by atoms with E-state index in [9.17, 15) is 4.79 Å². The van der Waals surface area contributed by atoms with Gasteiger partial charge in [0.05, 0.1) is 5.41 Å². The second kappa shape index (κ2) is 4.21. The van der Waals surface area contributed by atoms with Crippen molar-refractivity contribution in [2.24, 2.45) is 40.7 Å². The first-order chi connectivity index (χ1) is 9.19. The van der Waals surface area contributed by atoms with Crippen LogP contribution in [0.25, 0.3) is 0 Å². The highest BCUT2D eigenvalue weighted by molar-refractivity contribution is 5.81. The number of carbonyl (C=O) groups excluding carboxylic acids is 1. The van der Waals surface area contributed by atoms with Crippen LogP contribution >= 0.6 is 0 Å². The molecule has 1 amide bonds. The van der Waals surface area contributed by atoms with Crippen LogP contribution in [-0.4, -0.2) is 19.0 Å². The molecular weight excluding hydrogens is 236 g/mol. The van der Waals surface area contributed by atoms with Crippen LogP contribution in [0.15, 0.2) is 0 Å². The van der Waals surface area contributed by atoms with Crippen LogP contribution in [0.2, 0.25) is 0 Å². The number of piperidine rings is 1. The van der Waals surface area contributed by atoms with E-state index in [0.29, 0.717) is 5.92 Å². The van der Waals surface area contributed by atoms with Crippen molar-refractivity contribution in [1.82, 2.24) is 5.32 Å². The summed E-state index contributed by atoms with van der Waals surface area (Å²) in [5.41, 5.74) is 5.74. The van der Waals surface area contributed by atoms with E-state index in [1.807, 2.05) is 0 Å². The molecule has 1 saturated heterocycles. The molecule has 5 rings (SSSR count). The number of carbonyl (C=O) groups is 1. The second-order valence-electron chi connectivity index (χ2n) is 7.73. The van der Waals surface area contributed by atoms with Crippen molar-refractivity contribution in [2.45, 2.75) is 44.9 Å². The van der Waals surface area contributed by atoms with E-state index < -0.39 is 0 Å². The first-order valence-corrected chi connectivity index (χ1v) is 8.19. The molecule has 0 aromatic rings. The Bertz CT molecular complexity index is 358. The SMILES string of the molecule is NC(=O)C1(C2C3CC4CC(C3)CC2C4)CCNCC1. The molecule has 0 atom stereocenters. The third-order valence-electron chi connectivity index (χ3n) is 6.85. The van der Waals surface area contributed by atoms with Gasteiger partial charge in [0.1, 0.15) is 0 Å². The lowest BCUT2D eigenvalue weighted by Crippen LogP contribution is -2.58. The topological polar surface area (TPSA) is 55.1 Å². The molecule has 4 aliphatic carbocycles. The van der Waals surface area contributed by atoms with Crippen molar-refractivity contribution in [2.75, 3.05) is 13.1 Å². The van der Waals surface area contributed by atoms with E-state index >= 15 is 0 Å². The lowest BCUT2D eigenvalue weighted by atomic mass is 9.45. The minimum Gasteiger partial charge on any atom is -0.369 e. The predicted molar refractivity (Wildman–Crippen MR) is 74.3 cm³/mol.